The van der Waals surface area contributed by atoms with E-state index in [1.807, 2.05) is 30.5 Å². The smallest absolute Gasteiger partial charge is 0.324 e. The summed E-state index contributed by atoms with van der Waals surface area (Å²) in [5.41, 5.74) is 1.95. The summed E-state index contributed by atoms with van der Waals surface area (Å²) in [5, 5.41) is 3.74. The van der Waals surface area contributed by atoms with E-state index < -0.39 is 17.9 Å². The van der Waals surface area contributed by atoms with E-state index in [4.69, 9.17) is 4.74 Å². The highest BCUT2D eigenvalue weighted by molar-refractivity contribution is 6.04. The number of fused-ring (bicyclic) bond motifs is 1. The Morgan fingerprint density at radius 3 is 2.70 bits per heavy atom. The minimum Gasteiger partial charge on any atom is -0.489 e. The molecule has 2 N–H and O–H groups in total. The van der Waals surface area contributed by atoms with Crippen LogP contribution in [-0.2, 0) is 11.2 Å². The second-order valence-corrected chi connectivity index (χ2v) is 6.33. The third kappa shape index (κ3) is 3.36. The molecule has 0 radical (unpaired) electrons. The molecule has 0 spiro atoms. The lowest BCUT2D eigenvalue weighted by Gasteiger charge is -2.14. The first-order chi connectivity index (χ1) is 13.1. The van der Waals surface area contributed by atoms with E-state index in [1.54, 1.807) is 12.1 Å². The predicted octanol–water partition coefficient (Wildman–Crippen LogP) is 2.85. The number of halogens is 1. The molecule has 3 aromatic rings. The van der Waals surface area contributed by atoms with Gasteiger partial charge in [-0.2, -0.15) is 0 Å². The van der Waals surface area contributed by atoms with Crippen molar-refractivity contribution in [2.75, 3.05) is 13.2 Å². The van der Waals surface area contributed by atoms with Crippen molar-refractivity contribution in [1.82, 2.24) is 15.2 Å². The van der Waals surface area contributed by atoms with Crippen LogP contribution in [0.1, 0.15) is 5.56 Å². The first-order valence-corrected chi connectivity index (χ1v) is 8.67. The zero-order valence-electron chi connectivity index (χ0n) is 14.4. The van der Waals surface area contributed by atoms with Crippen molar-refractivity contribution in [3.8, 4) is 5.75 Å². The average Bonchev–Trinajstić information content (AvgIpc) is 3.19. The minimum atomic E-state index is -0.620. The Morgan fingerprint density at radius 2 is 1.85 bits per heavy atom. The Bertz CT molecular complexity index is 1000. The lowest BCUT2D eigenvalue weighted by Crippen LogP contribution is -2.35. The number of carbonyl (C=O) groups is 2. The number of para-hydroxylation sites is 2. The predicted molar refractivity (Wildman–Crippen MR) is 97.9 cm³/mol. The van der Waals surface area contributed by atoms with E-state index in [2.05, 4.69) is 10.3 Å². The molecule has 1 atom stereocenters. The first kappa shape index (κ1) is 17.1. The van der Waals surface area contributed by atoms with Gasteiger partial charge in [-0.05, 0) is 23.8 Å². The van der Waals surface area contributed by atoms with Crippen LogP contribution in [0.3, 0.4) is 0 Å². The van der Waals surface area contributed by atoms with Gasteiger partial charge in [0.15, 0.2) is 11.6 Å². The molecule has 6 nitrogen and oxygen atoms in total. The van der Waals surface area contributed by atoms with Gasteiger partial charge in [0, 0.05) is 23.5 Å². The monoisotopic (exact) mass is 367 g/mol. The zero-order chi connectivity index (χ0) is 18.8. The molecule has 0 saturated carbocycles. The highest BCUT2D eigenvalue weighted by Gasteiger charge is 2.38. The summed E-state index contributed by atoms with van der Waals surface area (Å²) in [6.45, 7) is 0.0866. The van der Waals surface area contributed by atoms with Gasteiger partial charge in [-0.15, -0.1) is 0 Å². The molecule has 1 aliphatic rings. The molecule has 27 heavy (non-hydrogen) atoms. The van der Waals surface area contributed by atoms with Crippen molar-refractivity contribution in [3.05, 3.63) is 66.1 Å². The summed E-state index contributed by atoms with van der Waals surface area (Å²) in [6, 6.07) is 12.7. The Hall–Kier alpha value is -3.35. The Kier molecular flexibility index (Phi) is 4.50. The summed E-state index contributed by atoms with van der Waals surface area (Å²) in [5.74, 6) is -0.686. The molecule has 1 fully saturated rings. The van der Waals surface area contributed by atoms with Crippen LogP contribution in [0.4, 0.5) is 9.18 Å². The lowest BCUT2D eigenvalue weighted by molar-refractivity contribution is -0.127. The number of carbonyl (C=O) groups excluding carboxylic acids is 2. The number of hydrogen-bond donors (Lipinski definition) is 2. The molecular formula is C20H18FN3O3. The topological polar surface area (TPSA) is 74.4 Å². The van der Waals surface area contributed by atoms with Crippen LogP contribution >= 0.6 is 0 Å². The van der Waals surface area contributed by atoms with Crippen LogP contribution in [-0.4, -0.2) is 41.0 Å². The van der Waals surface area contributed by atoms with Crippen molar-refractivity contribution in [2.45, 2.75) is 12.5 Å². The molecule has 1 aliphatic heterocycles. The molecule has 2 aromatic carbocycles. The summed E-state index contributed by atoms with van der Waals surface area (Å²) in [4.78, 5) is 29.0. The molecule has 1 saturated heterocycles. The Labute approximate surface area is 154 Å². The van der Waals surface area contributed by atoms with Gasteiger partial charge in [0.05, 0.1) is 6.54 Å². The van der Waals surface area contributed by atoms with Crippen LogP contribution in [0.15, 0.2) is 54.7 Å². The lowest BCUT2D eigenvalue weighted by atomic mass is 10.1. The van der Waals surface area contributed by atoms with E-state index in [0.717, 1.165) is 21.4 Å². The van der Waals surface area contributed by atoms with E-state index in [1.165, 1.54) is 12.1 Å². The highest BCUT2D eigenvalue weighted by atomic mass is 19.1. The summed E-state index contributed by atoms with van der Waals surface area (Å²) in [7, 11) is 0. The van der Waals surface area contributed by atoms with Crippen LogP contribution in [0.2, 0.25) is 0 Å². The number of rotatable bonds is 6. The summed E-state index contributed by atoms with van der Waals surface area (Å²) in [6.07, 6.45) is 2.26. The maximum absolute atomic E-state index is 13.6. The first-order valence-electron chi connectivity index (χ1n) is 8.67. The number of imide groups is 1. The van der Waals surface area contributed by atoms with Gasteiger partial charge < -0.3 is 15.0 Å². The highest BCUT2D eigenvalue weighted by Crippen LogP contribution is 2.21. The number of ether oxygens (including phenoxy) is 1. The molecule has 7 heteroatoms. The molecule has 0 unspecified atom stereocenters. The fourth-order valence-corrected chi connectivity index (χ4v) is 3.26. The summed E-state index contributed by atoms with van der Waals surface area (Å²) < 4.78 is 18.9. The van der Waals surface area contributed by atoms with E-state index >= 15 is 0 Å². The van der Waals surface area contributed by atoms with Gasteiger partial charge in [-0.25, -0.2) is 9.18 Å². The molecule has 4 rings (SSSR count). The van der Waals surface area contributed by atoms with Crippen LogP contribution < -0.4 is 10.1 Å². The number of amides is 3. The van der Waals surface area contributed by atoms with Gasteiger partial charge >= 0.3 is 6.03 Å². The van der Waals surface area contributed by atoms with Crippen molar-refractivity contribution in [3.63, 3.8) is 0 Å². The number of nitrogens with one attached hydrogen (secondary N) is 2. The number of H-pyrrole nitrogens is 1. The number of benzene rings is 2. The van der Waals surface area contributed by atoms with Gasteiger partial charge in [0.2, 0.25) is 0 Å². The second-order valence-electron chi connectivity index (χ2n) is 6.33. The molecule has 1 aromatic heterocycles. The molecule has 3 amide bonds. The van der Waals surface area contributed by atoms with Gasteiger partial charge in [-0.3, -0.25) is 9.69 Å². The Morgan fingerprint density at radius 1 is 1.07 bits per heavy atom. The van der Waals surface area contributed by atoms with E-state index in [9.17, 15) is 14.0 Å². The number of aromatic amines is 1. The second kappa shape index (κ2) is 7.11. The third-order valence-electron chi connectivity index (χ3n) is 4.62. The average molecular weight is 367 g/mol. The van der Waals surface area contributed by atoms with Crippen molar-refractivity contribution < 1.29 is 18.7 Å². The van der Waals surface area contributed by atoms with Crippen LogP contribution in [0.5, 0.6) is 5.75 Å². The van der Waals surface area contributed by atoms with Crippen LogP contribution in [0, 0.1) is 5.82 Å². The molecule has 138 valence electrons. The number of nitrogens with zero attached hydrogens (tertiary/aromatic N) is 1. The maximum Gasteiger partial charge on any atom is 0.324 e. The molecule has 0 bridgehead atoms. The largest absolute Gasteiger partial charge is 0.489 e. The van der Waals surface area contributed by atoms with Gasteiger partial charge in [0.25, 0.3) is 5.91 Å². The molecule has 0 aliphatic carbocycles. The normalized spacial score (nSPS) is 16.8. The number of urea groups is 1. The van der Waals surface area contributed by atoms with E-state index in [-0.39, 0.29) is 24.8 Å². The number of aromatic nitrogens is 1. The van der Waals surface area contributed by atoms with Crippen molar-refractivity contribution in [1.29, 1.82) is 0 Å². The zero-order valence-corrected chi connectivity index (χ0v) is 14.4. The van der Waals surface area contributed by atoms with Gasteiger partial charge in [-0.1, -0.05) is 30.3 Å². The van der Waals surface area contributed by atoms with Crippen molar-refractivity contribution in [2.24, 2.45) is 0 Å². The van der Waals surface area contributed by atoms with Gasteiger partial charge in [0.1, 0.15) is 12.6 Å². The fraction of sp³-hybridized carbons (Fsp3) is 0.200. The fourth-order valence-electron chi connectivity index (χ4n) is 3.26. The standard InChI is InChI=1S/C20H18FN3O3/c21-15-6-2-4-8-18(15)27-10-9-24-19(25)17(23-20(24)26)11-13-12-22-16-7-3-1-5-14(13)16/h1-8,12,17,22H,9-11H2,(H,23,26)/t17-/m0/s1. The van der Waals surface area contributed by atoms with Crippen molar-refractivity contribution >= 4 is 22.8 Å². The third-order valence-corrected chi connectivity index (χ3v) is 4.62. The molecular weight excluding hydrogens is 349 g/mol. The maximum atomic E-state index is 13.6. The molecule has 2 heterocycles. The Balaban J connectivity index is 1.39. The minimum absolute atomic E-state index is 0.0277. The summed E-state index contributed by atoms with van der Waals surface area (Å²) >= 11 is 0. The van der Waals surface area contributed by atoms with Crippen LogP contribution in [0.25, 0.3) is 10.9 Å². The number of hydrogen-bond acceptors (Lipinski definition) is 3. The SMILES string of the molecule is O=C1N[C@@H](Cc2c[nH]c3ccccc23)C(=O)N1CCOc1ccccc1F. The van der Waals surface area contributed by atoms with E-state index in [0.29, 0.717) is 6.42 Å². The quantitative estimate of drug-likeness (QED) is 0.658.